The van der Waals surface area contributed by atoms with Crippen LogP contribution in [0.25, 0.3) is 0 Å². The Kier molecular flexibility index (Phi) is 3.07. The van der Waals surface area contributed by atoms with E-state index in [1.807, 2.05) is 0 Å². The third-order valence-electron chi connectivity index (χ3n) is 5.56. The molecule has 20 heavy (non-hydrogen) atoms. The van der Waals surface area contributed by atoms with Gasteiger partial charge >= 0.3 is 0 Å². The number of hydrogen-bond acceptors (Lipinski definition) is 2. The fourth-order valence-corrected chi connectivity index (χ4v) is 4.72. The lowest BCUT2D eigenvalue weighted by molar-refractivity contribution is 0.163. The van der Waals surface area contributed by atoms with Crippen LogP contribution in [0.2, 0.25) is 0 Å². The van der Waals surface area contributed by atoms with Gasteiger partial charge in [-0.25, -0.2) is 0 Å². The highest BCUT2D eigenvalue weighted by Gasteiger charge is 2.61. The van der Waals surface area contributed by atoms with E-state index < -0.39 is 0 Å². The Hall–Kier alpha value is -0.800. The first kappa shape index (κ1) is 14.2. The largest absolute Gasteiger partial charge is 0.358 e. The molecular formula is C17H23BrN2. The van der Waals surface area contributed by atoms with Crippen molar-refractivity contribution in [2.75, 3.05) is 25.5 Å². The van der Waals surface area contributed by atoms with Crippen molar-refractivity contribution in [3.8, 4) is 0 Å². The average Bonchev–Trinajstić information content (AvgIpc) is 2.88. The van der Waals surface area contributed by atoms with E-state index in [1.165, 1.54) is 17.7 Å². The first-order valence-corrected chi connectivity index (χ1v) is 8.01. The molecule has 3 heteroatoms. The Bertz CT molecular complexity index is 566. The molecule has 3 rings (SSSR count). The van der Waals surface area contributed by atoms with E-state index in [4.69, 9.17) is 0 Å². The molecule has 108 valence electrons. The molecule has 1 fully saturated rings. The second kappa shape index (κ2) is 4.35. The van der Waals surface area contributed by atoms with Crippen molar-refractivity contribution in [2.45, 2.75) is 31.8 Å². The lowest BCUT2D eigenvalue weighted by Crippen LogP contribution is -2.53. The van der Waals surface area contributed by atoms with Crippen LogP contribution in [0.4, 0.5) is 5.69 Å². The number of likely N-dealkylation sites (tertiary alicyclic amines) is 1. The first-order valence-electron chi connectivity index (χ1n) is 7.22. The predicted molar refractivity (Wildman–Crippen MR) is 89.2 cm³/mol. The second-order valence-electron chi connectivity index (χ2n) is 6.77. The summed E-state index contributed by atoms with van der Waals surface area (Å²) in [7, 11) is 4.46. The van der Waals surface area contributed by atoms with Crippen LogP contribution in [0, 0.1) is 5.41 Å². The van der Waals surface area contributed by atoms with Gasteiger partial charge in [0.1, 0.15) is 0 Å². The van der Waals surface area contributed by atoms with E-state index in [0.717, 1.165) is 11.0 Å². The number of likely N-dealkylation sites (N-methyl/N-ethyl adjacent to an activating group) is 2. The van der Waals surface area contributed by atoms with Gasteiger partial charge in [-0.15, -0.1) is 6.58 Å². The minimum Gasteiger partial charge on any atom is -0.358 e. The van der Waals surface area contributed by atoms with E-state index in [-0.39, 0.29) is 10.8 Å². The number of benzene rings is 1. The molecule has 0 saturated carbocycles. The lowest BCUT2D eigenvalue weighted by atomic mass is 9.60. The molecule has 2 heterocycles. The van der Waals surface area contributed by atoms with E-state index in [9.17, 15) is 0 Å². The molecule has 0 aliphatic carbocycles. The second-order valence-corrected chi connectivity index (χ2v) is 7.69. The summed E-state index contributed by atoms with van der Waals surface area (Å²) < 4.78 is 1.15. The molecule has 0 unspecified atom stereocenters. The van der Waals surface area contributed by atoms with Gasteiger partial charge in [0.15, 0.2) is 0 Å². The quantitative estimate of drug-likeness (QED) is 0.754. The molecule has 2 aliphatic heterocycles. The van der Waals surface area contributed by atoms with E-state index in [1.54, 1.807) is 0 Å². The molecule has 2 aliphatic rings. The summed E-state index contributed by atoms with van der Waals surface area (Å²) in [4.78, 5) is 4.93. The number of nitrogens with zero attached hydrogens (tertiary/aromatic N) is 2. The zero-order chi connectivity index (χ0) is 14.7. The van der Waals surface area contributed by atoms with Crippen LogP contribution < -0.4 is 4.90 Å². The smallest absolute Gasteiger partial charge is 0.0922 e. The van der Waals surface area contributed by atoms with Crippen LogP contribution >= 0.6 is 15.9 Å². The Morgan fingerprint density at radius 2 is 2.10 bits per heavy atom. The number of fused-ring (bicyclic) bond motifs is 3. The van der Waals surface area contributed by atoms with Crippen molar-refractivity contribution in [1.82, 2.24) is 4.90 Å². The fraction of sp³-hybridized carbons (Fsp3) is 0.529. The van der Waals surface area contributed by atoms with E-state index in [2.05, 4.69) is 84.5 Å². The zero-order valence-electron chi connectivity index (χ0n) is 12.8. The number of anilines is 1. The number of halogens is 1. The van der Waals surface area contributed by atoms with Gasteiger partial charge in [0, 0.05) is 29.2 Å². The molecule has 1 aromatic rings. The standard InChI is InChI=1S/C17H23BrN2/c1-6-16(2,3)17-9-10-19(4)15(17)20(5)14-11-12(18)7-8-13(14)17/h6-8,11,15H,1,9-10H2,2-5H3/t15-,17-/m1/s1. The van der Waals surface area contributed by atoms with Crippen LogP contribution in [-0.2, 0) is 5.41 Å². The van der Waals surface area contributed by atoms with E-state index in [0.29, 0.717) is 6.17 Å². The molecule has 0 amide bonds. The highest BCUT2D eigenvalue weighted by atomic mass is 79.9. The van der Waals surface area contributed by atoms with Crippen molar-refractivity contribution >= 4 is 21.6 Å². The summed E-state index contributed by atoms with van der Waals surface area (Å²) in [6.07, 6.45) is 3.75. The van der Waals surface area contributed by atoms with Crippen LogP contribution in [-0.4, -0.2) is 31.7 Å². The molecule has 0 bridgehead atoms. The molecule has 0 N–H and O–H groups in total. The zero-order valence-corrected chi connectivity index (χ0v) is 14.4. The van der Waals surface area contributed by atoms with Crippen molar-refractivity contribution in [1.29, 1.82) is 0 Å². The Morgan fingerprint density at radius 3 is 2.75 bits per heavy atom. The van der Waals surface area contributed by atoms with Gasteiger partial charge in [0.2, 0.25) is 0 Å². The summed E-state index contributed by atoms with van der Waals surface area (Å²) in [6, 6.07) is 6.73. The van der Waals surface area contributed by atoms with Gasteiger partial charge in [-0.2, -0.15) is 0 Å². The van der Waals surface area contributed by atoms with Gasteiger partial charge in [-0.05, 0) is 36.6 Å². The molecule has 0 aromatic heterocycles. The van der Waals surface area contributed by atoms with Gasteiger partial charge < -0.3 is 4.90 Å². The van der Waals surface area contributed by atoms with Gasteiger partial charge in [-0.1, -0.05) is 41.9 Å². The van der Waals surface area contributed by atoms with Gasteiger partial charge in [0.25, 0.3) is 0 Å². The molecular weight excluding hydrogens is 312 g/mol. The van der Waals surface area contributed by atoms with Crippen molar-refractivity contribution in [3.05, 3.63) is 40.9 Å². The molecule has 2 nitrogen and oxygen atoms in total. The van der Waals surface area contributed by atoms with Crippen molar-refractivity contribution in [2.24, 2.45) is 5.41 Å². The molecule has 1 saturated heterocycles. The lowest BCUT2D eigenvalue weighted by Gasteiger charge is -2.45. The fourth-order valence-electron chi connectivity index (χ4n) is 4.37. The van der Waals surface area contributed by atoms with Crippen LogP contribution in [0.5, 0.6) is 0 Å². The van der Waals surface area contributed by atoms with E-state index >= 15 is 0 Å². The Balaban J connectivity index is 2.28. The van der Waals surface area contributed by atoms with Crippen molar-refractivity contribution in [3.63, 3.8) is 0 Å². The average molecular weight is 335 g/mol. The third kappa shape index (κ3) is 1.54. The molecule has 1 aromatic carbocycles. The topological polar surface area (TPSA) is 6.48 Å². The summed E-state index contributed by atoms with van der Waals surface area (Å²) in [5.74, 6) is 0. The predicted octanol–water partition coefficient (Wildman–Crippen LogP) is 4.01. The minimum absolute atomic E-state index is 0.0652. The van der Waals surface area contributed by atoms with Gasteiger partial charge in [-0.3, -0.25) is 4.90 Å². The molecule has 2 atom stereocenters. The Labute approximate surface area is 130 Å². The summed E-state index contributed by atoms with van der Waals surface area (Å²) in [6.45, 7) is 9.93. The third-order valence-corrected chi connectivity index (χ3v) is 6.06. The number of hydrogen-bond donors (Lipinski definition) is 0. The highest BCUT2D eigenvalue weighted by Crippen LogP contribution is 2.60. The number of allylic oxidation sites excluding steroid dienone is 1. The summed E-state index contributed by atoms with van der Waals surface area (Å²) in [5, 5.41) is 0. The molecule has 0 spiro atoms. The maximum atomic E-state index is 4.13. The normalized spacial score (nSPS) is 29.4. The van der Waals surface area contributed by atoms with Crippen molar-refractivity contribution < 1.29 is 0 Å². The van der Waals surface area contributed by atoms with Gasteiger partial charge in [0.05, 0.1) is 6.17 Å². The van der Waals surface area contributed by atoms with Crippen LogP contribution in [0.1, 0.15) is 25.8 Å². The number of rotatable bonds is 2. The Morgan fingerprint density at radius 1 is 1.40 bits per heavy atom. The SMILES string of the molecule is C=CC(C)(C)[C@@]12CCN(C)[C@@H]1N(C)c1cc(Br)ccc12. The maximum Gasteiger partial charge on any atom is 0.0922 e. The maximum absolute atomic E-state index is 4.13. The minimum atomic E-state index is 0.0652. The molecule has 0 radical (unpaired) electrons. The monoisotopic (exact) mass is 334 g/mol. The first-order chi connectivity index (χ1) is 9.35. The summed E-state index contributed by atoms with van der Waals surface area (Å²) in [5.41, 5.74) is 3.03. The van der Waals surface area contributed by atoms with Crippen LogP contribution in [0.3, 0.4) is 0 Å². The highest BCUT2D eigenvalue weighted by molar-refractivity contribution is 9.10. The van der Waals surface area contributed by atoms with Crippen LogP contribution in [0.15, 0.2) is 35.3 Å². The summed E-state index contributed by atoms with van der Waals surface area (Å²) >= 11 is 3.61.